The molecule has 444 valence electrons. The van der Waals surface area contributed by atoms with Crippen molar-refractivity contribution in [3.8, 4) is 0 Å². The Labute approximate surface area is 493 Å². The third-order valence-electron chi connectivity index (χ3n) is 14.2. The lowest BCUT2D eigenvalue weighted by Gasteiger charge is -2.32. The van der Waals surface area contributed by atoms with Crippen LogP contribution < -0.4 is 52.5 Å². The summed E-state index contributed by atoms with van der Waals surface area (Å²) in [6, 6.07) is 18.5. The predicted molar refractivity (Wildman–Crippen MR) is 350 cm³/mol. The number of thiol groups is 2. The summed E-state index contributed by atoms with van der Waals surface area (Å²) in [5, 5.41) is 8.16. The number of nitrogens with one attached hydrogen (secondary N) is 2. The van der Waals surface area contributed by atoms with Gasteiger partial charge in [0.2, 0.25) is 0 Å². The van der Waals surface area contributed by atoms with Crippen LogP contribution in [0.2, 0.25) is 0 Å². The van der Waals surface area contributed by atoms with Crippen molar-refractivity contribution in [3.05, 3.63) is 115 Å². The van der Waals surface area contributed by atoms with E-state index in [1.54, 1.807) is 0 Å². The standard InChI is InChI=1S/2C32H52N4S.CH3O3P/c2*1-29(2,3)22-14-20(18-33)26(24(16-22)31(7,8)9)36(28(37)35-13)27-21(19-34)15-23(30(4,5)6)17-25(27)32(10,11)12;1-4-5(2)3/h2*14-17H,18-19,33-34H2,1-13H3,(H,35,37);1H3/q;;-2/p+2. The second kappa shape index (κ2) is 26.9. The Hall–Kier alpha value is -3.33. The number of rotatable bonds is 9. The summed E-state index contributed by atoms with van der Waals surface area (Å²) in [5.41, 5.74) is 44.3. The quantitative estimate of drug-likeness (QED) is 0.0265. The van der Waals surface area contributed by atoms with Gasteiger partial charge >= 0.3 is 10.3 Å². The minimum atomic E-state index is -2.60. The SMILES string of the molecule is CNC(S)=[N+](c1c(CN)cc(C(C)(C)C)cc1C(C)(C)C)c1c(CN)cc(C(C)(C)C)cc1C(C)(C)C.CNC(S)=[N+](c1c(CN)cc(C(C)(C)C)cc1C(C)(C)C)c1c(CN)cc(C(C)(C)C)cc1C(C)(C)C.COP([O-])[O-]. The monoisotopic (exact) mass is 1140 g/mol. The number of hydrogen-bond acceptors (Lipinski definition) is 7. The lowest BCUT2D eigenvalue weighted by Crippen LogP contribution is -2.31. The first-order chi connectivity index (χ1) is 35.6. The highest BCUT2D eigenvalue weighted by atomic mass is 32.1. The van der Waals surface area contributed by atoms with Gasteiger partial charge in [-0.15, -0.1) is 0 Å². The third-order valence-corrected chi connectivity index (χ3v) is 15.4. The molecule has 0 heterocycles. The van der Waals surface area contributed by atoms with E-state index in [-0.39, 0.29) is 43.3 Å². The van der Waals surface area contributed by atoms with Gasteiger partial charge in [0.15, 0.2) is 0 Å². The van der Waals surface area contributed by atoms with Gasteiger partial charge in [0, 0.05) is 77.8 Å². The van der Waals surface area contributed by atoms with Crippen LogP contribution in [-0.4, -0.2) is 31.5 Å². The fraction of sp³-hybridized carbons (Fsp3) is 0.600. The highest BCUT2D eigenvalue weighted by Gasteiger charge is 2.38. The summed E-state index contributed by atoms with van der Waals surface area (Å²) in [5.74, 6) is 0. The highest BCUT2D eigenvalue weighted by Crippen LogP contribution is 2.47. The van der Waals surface area contributed by atoms with Crippen molar-refractivity contribution in [1.29, 1.82) is 0 Å². The summed E-state index contributed by atoms with van der Waals surface area (Å²) >= 11 is 10.0. The van der Waals surface area contributed by atoms with Crippen molar-refractivity contribution < 1.29 is 14.3 Å². The first kappa shape index (κ1) is 71.8. The Morgan fingerprint density at radius 3 is 0.658 bits per heavy atom. The van der Waals surface area contributed by atoms with Crippen LogP contribution in [0, 0.1) is 0 Å². The fourth-order valence-corrected chi connectivity index (χ4v) is 9.75. The molecule has 10 N–H and O–H groups in total. The van der Waals surface area contributed by atoms with E-state index >= 15 is 0 Å². The molecule has 4 aromatic rings. The molecule has 0 atom stereocenters. The maximum absolute atomic E-state index is 9.18. The molecule has 4 aromatic carbocycles. The van der Waals surface area contributed by atoms with Gasteiger partial charge in [0.25, 0.3) is 0 Å². The molecule has 4 rings (SSSR count). The van der Waals surface area contributed by atoms with Crippen LogP contribution in [0.5, 0.6) is 0 Å². The van der Waals surface area contributed by atoms with Gasteiger partial charge < -0.3 is 37.2 Å². The number of nitrogens with zero attached hydrogens (tertiary/aromatic N) is 2. The highest BCUT2D eigenvalue weighted by molar-refractivity contribution is 7.97. The van der Waals surface area contributed by atoms with Crippen LogP contribution in [0.4, 0.5) is 22.7 Å². The van der Waals surface area contributed by atoms with E-state index in [0.29, 0.717) is 26.2 Å². The molecule has 0 bridgehead atoms. The summed E-state index contributed by atoms with van der Waals surface area (Å²) < 4.78 is 8.25. The van der Waals surface area contributed by atoms with Crippen molar-refractivity contribution in [3.63, 3.8) is 0 Å². The minimum absolute atomic E-state index is 0.00284. The molecule has 0 saturated heterocycles. The number of amidine groups is 2. The van der Waals surface area contributed by atoms with Crippen LogP contribution in [0.1, 0.15) is 233 Å². The van der Waals surface area contributed by atoms with E-state index in [2.05, 4.69) is 239 Å². The molecule has 0 aliphatic rings. The molecule has 0 amide bonds. The van der Waals surface area contributed by atoms with Gasteiger partial charge in [0.05, 0.1) is 14.1 Å². The first-order valence-electron chi connectivity index (χ1n) is 27.9. The molecule has 0 aliphatic heterocycles. The van der Waals surface area contributed by atoms with Gasteiger partial charge in [-0.3, -0.25) is 10.6 Å². The van der Waals surface area contributed by atoms with E-state index in [0.717, 1.165) is 62.4 Å². The van der Waals surface area contributed by atoms with Crippen LogP contribution >= 0.6 is 33.9 Å². The van der Waals surface area contributed by atoms with Gasteiger partial charge in [-0.25, -0.2) is 0 Å². The van der Waals surface area contributed by atoms with Gasteiger partial charge in [-0.05, 0) is 89.8 Å². The largest absolute Gasteiger partial charge is 0.820 e. The summed E-state index contributed by atoms with van der Waals surface area (Å²) in [7, 11) is 2.34. The zero-order valence-corrected chi connectivity index (χ0v) is 56.9. The molecule has 0 aromatic heterocycles. The molecule has 0 fully saturated rings. The molecule has 0 saturated carbocycles. The molecule has 0 spiro atoms. The van der Waals surface area contributed by atoms with E-state index < -0.39 is 8.60 Å². The number of benzene rings is 4. The van der Waals surface area contributed by atoms with Crippen molar-refractivity contribution in [2.24, 2.45) is 22.9 Å². The van der Waals surface area contributed by atoms with Crippen molar-refractivity contribution >= 4 is 66.9 Å². The normalized spacial score (nSPS) is 12.9. The zero-order valence-electron chi connectivity index (χ0n) is 54.2. The van der Waals surface area contributed by atoms with Crippen molar-refractivity contribution in [1.82, 2.24) is 19.8 Å². The molecule has 14 heteroatoms. The van der Waals surface area contributed by atoms with E-state index in [9.17, 15) is 9.79 Å². The van der Waals surface area contributed by atoms with E-state index in [1.165, 1.54) is 44.5 Å². The second-order valence-corrected chi connectivity index (χ2v) is 30.8. The van der Waals surface area contributed by atoms with Crippen LogP contribution in [-0.2, 0) is 74.0 Å². The smallest absolute Gasteiger partial charge is 0.313 e. The lowest BCUT2D eigenvalue weighted by atomic mass is 9.76. The van der Waals surface area contributed by atoms with Crippen LogP contribution in [0.3, 0.4) is 0 Å². The Morgan fingerprint density at radius 1 is 0.392 bits per heavy atom. The Balaban J connectivity index is 0.000000497. The third kappa shape index (κ3) is 18.3. The molecular weight excluding hydrogens is 1040 g/mol. The average molecular weight is 1150 g/mol. The maximum Gasteiger partial charge on any atom is 0.313 e. The molecule has 0 radical (unpaired) electrons. The van der Waals surface area contributed by atoms with Crippen molar-refractivity contribution in [2.45, 2.75) is 236 Å². The molecule has 0 aliphatic carbocycles. The second-order valence-electron chi connectivity index (χ2n) is 29.2. The summed E-state index contributed by atoms with van der Waals surface area (Å²) in [4.78, 5) is 18.4. The summed E-state index contributed by atoms with van der Waals surface area (Å²) in [6.45, 7) is 56.0. The van der Waals surface area contributed by atoms with Gasteiger partial charge in [0.1, 0.15) is 22.7 Å². The predicted octanol–water partition coefficient (Wildman–Crippen LogP) is 12.8. The Morgan fingerprint density at radius 2 is 0.557 bits per heavy atom. The average Bonchev–Trinajstić information content (AvgIpc) is 3.31. The maximum atomic E-state index is 9.18. The number of nitrogens with two attached hydrogens (primary N) is 4. The van der Waals surface area contributed by atoms with E-state index in [4.69, 9.17) is 48.2 Å². The lowest BCUT2D eigenvalue weighted by molar-refractivity contribution is -0.316. The van der Waals surface area contributed by atoms with Crippen molar-refractivity contribution in [2.75, 3.05) is 21.2 Å². The molecule has 79 heavy (non-hydrogen) atoms. The molecule has 0 unspecified atom stereocenters. The molecular formula is C65H109N8O3PS2. The molecule has 11 nitrogen and oxygen atoms in total. The topological polar surface area (TPSA) is 190 Å². The zero-order chi connectivity index (χ0) is 61.7. The first-order valence-corrected chi connectivity index (χ1v) is 29.9. The van der Waals surface area contributed by atoms with Crippen LogP contribution in [0.25, 0.3) is 0 Å². The Bertz CT molecular complexity index is 2440. The fourth-order valence-electron chi connectivity index (χ4n) is 9.35. The number of hydrogen-bond donors (Lipinski definition) is 8. The minimum Gasteiger partial charge on any atom is -0.820 e. The Kier molecular flexibility index (Phi) is 24.5. The van der Waals surface area contributed by atoms with Crippen LogP contribution in [0.15, 0.2) is 48.5 Å². The summed E-state index contributed by atoms with van der Waals surface area (Å²) in [6.07, 6.45) is 0. The van der Waals surface area contributed by atoms with Gasteiger partial charge in [-0.2, -0.15) is 17.8 Å². The van der Waals surface area contributed by atoms with E-state index in [1.807, 2.05) is 14.1 Å². The van der Waals surface area contributed by atoms with Gasteiger partial charge in [-0.1, -0.05) is 216 Å².